The van der Waals surface area contributed by atoms with Crippen LogP contribution in [0.15, 0.2) is 42.5 Å². The molecule has 3 aliphatic rings. The third-order valence-corrected chi connectivity index (χ3v) is 6.51. The maximum atomic E-state index is 5.57. The van der Waals surface area contributed by atoms with Crippen molar-refractivity contribution in [1.29, 1.82) is 0 Å². The van der Waals surface area contributed by atoms with Gasteiger partial charge in [0.25, 0.3) is 0 Å². The Kier molecular flexibility index (Phi) is 4.91. The average molecular weight is 355 g/mol. The number of hydrogen-bond acceptors (Lipinski definition) is 1. The molecule has 25 heavy (non-hydrogen) atoms. The first-order chi connectivity index (χ1) is 12.2. The monoisotopic (exact) mass is 354 g/mol. The highest BCUT2D eigenvalue weighted by molar-refractivity contribution is 7.80. The number of piperidine rings is 3. The van der Waals surface area contributed by atoms with Gasteiger partial charge in [0.2, 0.25) is 0 Å². The van der Waals surface area contributed by atoms with Crippen LogP contribution in [0.3, 0.4) is 0 Å². The van der Waals surface area contributed by atoms with Gasteiger partial charge >= 0.3 is 0 Å². The number of thiocarbonyl (C=S) groups is 1. The van der Waals surface area contributed by atoms with Crippen molar-refractivity contribution < 1.29 is 4.90 Å². The maximum absolute atomic E-state index is 5.57. The molecule has 0 aliphatic carbocycles. The SMILES string of the molecule is CC[C@H]1C[NH+]2CC[C@H]1C[C@@H]2CNC(=S)Nc1cccc2ccccc12. The first-order valence-corrected chi connectivity index (χ1v) is 10.0. The molecule has 4 heteroatoms. The molecule has 2 bridgehead atoms. The summed E-state index contributed by atoms with van der Waals surface area (Å²) in [7, 11) is 0. The average Bonchev–Trinajstić information content (AvgIpc) is 2.67. The molecular formula is C21H28N3S+. The molecule has 5 rings (SSSR count). The third kappa shape index (κ3) is 3.51. The van der Waals surface area contributed by atoms with E-state index in [9.17, 15) is 0 Å². The van der Waals surface area contributed by atoms with Crippen LogP contribution in [-0.4, -0.2) is 30.8 Å². The number of nitrogens with one attached hydrogen (secondary N) is 3. The highest BCUT2D eigenvalue weighted by Crippen LogP contribution is 2.28. The van der Waals surface area contributed by atoms with E-state index in [-0.39, 0.29) is 0 Å². The van der Waals surface area contributed by atoms with Crippen molar-refractivity contribution in [3.63, 3.8) is 0 Å². The van der Waals surface area contributed by atoms with Gasteiger partial charge in [-0.05, 0) is 36.0 Å². The Balaban J connectivity index is 1.35. The Morgan fingerprint density at radius 3 is 2.84 bits per heavy atom. The lowest BCUT2D eigenvalue weighted by molar-refractivity contribution is -0.945. The second kappa shape index (κ2) is 7.30. The molecule has 3 saturated heterocycles. The van der Waals surface area contributed by atoms with E-state index in [1.165, 1.54) is 43.1 Å². The quantitative estimate of drug-likeness (QED) is 0.738. The molecule has 3 aliphatic heterocycles. The van der Waals surface area contributed by atoms with Gasteiger partial charge in [0.1, 0.15) is 6.04 Å². The molecule has 0 aromatic heterocycles. The van der Waals surface area contributed by atoms with Gasteiger partial charge in [0.15, 0.2) is 5.11 Å². The summed E-state index contributed by atoms with van der Waals surface area (Å²) in [4.78, 5) is 1.79. The van der Waals surface area contributed by atoms with Gasteiger partial charge in [-0.1, -0.05) is 43.3 Å². The zero-order chi connectivity index (χ0) is 17.2. The Bertz CT molecular complexity index is 754. The molecular weight excluding hydrogens is 326 g/mol. The van der Waals surface area contributed by atoms with E-state index < -0.39 is 0 Å². The normalized spacial score (nSPS) is 28.0. The van der Waals surface area contributed by atoms with Crippen molar-refractivity contribution in [2.45, 2.75) is 32.2 Å². The number of quaternary nitrogens is 1. The van der Waals surface area contributed by atoms with Crippen molar-refractivity contribution in [3.8, 4) is 0 Å². The van der Waals surface area contributed by atoms with Crippen LogP contribution >= 0.6 is 12.2 Å². The van der Waals surface area contributed by atoms with E-state index in [1.54, 1.807) is 4.90 Å². The van der Waals surface area contributed by atoms with Crippen LogP contribution in [0.5, 0.6) is 0 Å². The van der Waals surface area contributed by atoms with E-state index in [2.05, 4.69) is 60.0 Å². The van der Waals surface area contributed by atoms with Crippen molar-refractivity contribution >= 4 is 33.8 Å². The molecule has 3 fully saturated rings. The summed E-state index contributed by atoms with van der Waals surface area (Å²) in [6.45, 7) is 6.04. The topological polar surface area (TPSA) is 28.5 Å². The minimum Gasteiger partial charge on any atom is -0.356 e. The largest absolute Gasteiger partial charge is 0.356 e. The zero-order valence-electron chi connectivity index (χ0n) is 14.9. The molecule has 1 unspecified atom stereocenters. The first-order valence-electron chi connectivity index (χ1n) is 9.61. The minimum absolute atomic E-state index is 0.716. The Labute approximate surface area is 155 Å². The summed E-state index contributed by atoms with van der Waals surface area (Å²) in [5.41, 5.74) is 1.08. The summed E-state index contributed by atoms with van der Waals surface area (Å²) in [5.74, 6) is 1.88. The summed E-state index contributed by atoms with van der Waals surface area (Å²) in [5, 5.41) is 10.1. The highest BCUT2D eigenvalue weighted by atomic mass is 32.1. The Morgan fingerprint density at radius 1 is 1.20 bits per heavy atom. The van der Waals surface area contributed by atoms with Crippen LogP contribution in [0.1, 0.15) is 26.2 Å². The number of hydrogen-bond donors (Lipinski definition) is 3. The van der Waals surface area contributed by atoms with Crippen molar-refractivity contribution in [2.24, 2.45) is 11.8 Å². The standard InChI is InChI=1S/C21H27N3S/c1-2-15-14-24-11-10-17(15)12-18(24)13-22-21(25)23-20-9-5-7-16-6-3-4-8-19(16)20/h3-9,15,17-18H,2,10-14H2,1H3,(H2,22,23,25)/p+1/t15-,17-,18+/m0/s1. The van der Waals surface area contributed by atoms with E-state index in [0.29, 0.717) is 6.04 Å². The van der Waals surface area contributed by atoms with Gasteiger partial charge in [-0.25, -0.2) is 0 Å². The fraction of sp³-hybridized carbons (Fsp3) is 0.476. The lowest BCUT2D eigenvalue weighted by atomic mass is 9.74. The van der Waals surface area contributed by atoms with E-state index in [0.717, 1.165) is 29.2 Å². The predicted molar refractivity (Wildman–Crippen MR) is 109 cm³/mol. The van der Waals surface area contributed by atoms with E-state index >= 15 is 0 Å². The third-order valence-electron chi connectivity index (χ3n) is 6.26. The summed E-state index contributed by atoms with van der Waals surface area (Å²) < 4.78 is 0. The molecule has 0 amide bonds. The first kappa shape index (κ1) is 16.8. The van der Waals surface area contributed by atoms with Crippen molar-refractivity contribution in [3.05, 3.63) is 42.5 Å². The molecule has 2 aromatic carbocycles. The Hall–Kier alpha value is -1.65. The van der Waals surface area contributed by atoms with Gasteiger partial charge in [-0.3, -0.25) is 0 Å². The molecule has 2 aromatic rings. The minimum atomic E-state index is 0.716. The van der Waals surface area contributed by atoms with E-state index in [1.807, 2.05) is 0 Å². The predicted octanol–water partition coefficient (Wildman–Crippen LogP) is 2.83. The molecule has 3 heterocycles. The molecule has 3 nitrogen and oxygen atoms in total. The van der Waals surface area contributed by atoms with Crippen LogP contribution in [0.2, 0.25) is 0 Å². The number of fused-ring (bicyclic) bond motifs is 4. The smallest absolute Gasteiger partial charge is 0.171 e. The molecule has 0 radical (unpaired) electrons. The van der Waals surface area contributed by atoms with Crippen LogP contribution in [-0.2, 0) is 0 Å². The lowest BCUT2D eigenvalue weighted by Crippen LogP contribution is -3.20. The summed E-state index contributed by atoms with van der Waals surface area (Å²) in [6, 6.07) is 15.4. The van der Waals surface area contributed by atoms with Gasteiger partial charge in [0, 0.05) is 29.8 Å². The molecule has 0 spiro atoms. The number of anilines is 1. The summed E-state index contributed by atoms with van der Waals surface area (Å²) in [6.07, 6.45) is 4.12. The van der Waals surface area contributed by atoms with Crippen LogP contribution in [0, 0.1) is 11.8 Å². The second-order valence-electron chi connectivity index (χ2n) is 7.62. The Morgan fingerprint density at radius 2 is 2.04 bits per heavy atom. The maximum Gasteiger partial charge on any atom is 0.171 e. The summed E-state index contributed by atoms with van der Waals surface area (Å²) >= 11 is 5.57. The van der Waals surface area contributed by atoms with Crippen LogP contribution < -0.4 is 15.5 Å². The second-order valence-corrected chi connectivity index (χ2v) is 8.03. The molecule has 132 valence electrons. The van der Waals surface area contributed by atoms with Gasteiger partial charge in [-0.2, -0.15) is 0 Å². The zero-order valence-corrected chi connectivity index (χ0v) is 15.7. The number of rotatable bonds is 4. The van der Waals surface area contributed by atoms with E-state index in [4.69, 9.17) is 12.2 Å². The van der Waals surface area contributed by atoms with Gasteiger partial charge in [0.05, 0.1) is 19.6 Å². The van der Waals surface area contributed by atoms with Crippen LogP contribution in [0.4, 0.5) is 5.69 Å². The fourth-order valence-corrected chi connectivity index (χ4v) is 5.04. The molecule has 4 atom stereocenters. The number of benzene rings is 2. The van der Waals surface area contributed by atoms with Crippen molar-refractivity contribution in [1.82, 2.24) is 5.32 Å². The molecule has 3 N–H and O–H groups in total. The van der Waals surface area contributed by atoms with Gasteiger partial charge < -0.3 is 15.5 Å². The van der Waals surface area contributed by atoms with Gasteiger partial charge in [-0.15, -0.1) is 0 Å². The highest BCUT2D eigenvalue weighted by Gasteiger charge is 2.42. The lowest BCUT2D eigenvalue weighted by Gasteiger charge is -2.46. The fourth-order valence-electron chi connectivity index (χ4n) is 4.85. The van der Waals surface area contributed by atoms with Crippen molar-refractivity contribution in [2.75, 3.05) is 25.0 Å². The van der Waals surface area contributed by atoms with Crippen LogP contribution in [0.25, 0.3) is 10.8 Å². The molecule has 0 saturated carbocycles.